The number of nitrogens with zero attached hydrogens (tertiary/aromatic N) is 1. The summed E-state index contributed by atoms with van der Waals surface area (Å²) < 4.78 is 15.9. The quantitative estimate of drug-likeness (QED) is 0.767. The number of anilines is 1. The lowest BCUT2D eigenvalue weighted by atomic mass is 10.1. The number of amides is 2. The Morgan fingerprint density at radius 1 is 1.18 bits per heavy atom. The number of halogens is 1. The molecule has 1 N–H and O–H groups in total. The van der Waals surface area contributed by atoms with Gasteiger partial charge in [0.2, 0.25) is 5.91 Å². The van der Waals surface area contributed by atoms with Crippen molar-refractivity contribution in [1.29, 1.82) is 0 Å². The molecule has 0 aromatic heterocycles. The van der Waals surface area contributed by atoms with Crippen molar-refractivity contribution in [1.82, 2.24) is 5.32 Å². The fourth-order valence-corrected chi connectivity index (χ4v) is 3.10. The van der Waals surface area contributed by atoms with E-state index in [9.17, 15) is 9.59 Å². The third-order valence-electron chi connectivity index (χ3n) is 4.35. The lowest BCUT2D eigenvalue weighted by Crippen LogP contribution is -2.45. The highest BCUT2D eigenvalue weighted by Crippen LogP contribution is 2.34. The number of carbonyl (C=O) groups is 2. The average molecular weight is 405 g/mol. The van der Waals surface area contributed by atoms with Crippen LogP contribution in [0, 0.1) is 0 Å². The van der Waals surface area contributed by atoms with Gasteiger partial charge < -0.3 is 19.5 Å². The van der Waals surface area contributed by atoms with Crippen LogP contribution in [-0.4, -0.2) is 45.7 Å². The minimum Gasteiger partial charge on any atom is -0.493 e. The highest BCUT2D eigenvalue weighted by molar-refractivity contribution is 6.31. The van der Waals surface area contributed by atoms with Gasteiger partial charge in [-0.3, -0.25) is 14.5 Å². The smallest absolute Gasteiger partial charge is 0.265 e. The van der Waals surface area contributed by atoms with Crippen molar-refractivity contribution in [3.8, 4) is 17.2 Å². The van der Waals surface area contributed by atoms with Crippen molar-refractivity contribution < 1.29 is 23.8 Å². The van der Waals surface area contributed by atoms with Gasteiger partial charge in [-0.1, -0.05) is 17.7 Å². The van der Waals surface area contributed by atoms with Gasteiger partial charge in [0.05, 0.1) is 19.9 Å². The molecule has 1 aliphatic heterocycles. The van der Waals surface area contributed by atoms with Gasteiger partial charge in [0, 0.05) is 11.6 Å². The molecule has 0 atom stereocenters. The van der Waals surface area contributed by atoms with Crippen LogP contribution in [0.15, 0.2) is 36.4 Å². The second kappa shape index (κ2) is 8.84. The van der Waals surface area contributed by atoms with Crippen LogP contribution in [-0.2, 0) is 16.0 Å². The van der Waals surface area contributed by atoms with Crippen LogP contribution in [0.5, 0.6) is 17.2 Å². The second-order valence-electron chi connectivity index (χ2n) is 6.17. The Balaban J connectivity index is 1.58. The maximum atomic E-state index is 12.3. The summed E-state index contributed by atoms with van der Waals surface area (Å²) in [6.07, 6.45) is 0.617. The van der Waals surface area contributed by atoms with E-state index in [1.165, 1.54) is 4.90 Å². The van der Waals surface area contributed by atoms with E-state index in [1.54, 1.807) is 32.4 Å². The van der Waals surface area contributed by atoms with Crippen molar-refractivity contribution in [2.75, 3.05) is 38.8 Å². The van der Waals surface area contributed by atoms with E-state index < -0.39 is 0 Å². The van der Waals surface area contributed by atoms with E-state index in [4.69, 9.17) is 25.8 Å². The molecule has 0 unspecified atom stereocenters. The number of carbonyl (C=O) groups excluding carboxylic acids is 2. The van der Waals surface area contributed by atoms with Gasteiger partial charge in [-0.2, -0.15) is 0 Å². The van der Waals surface area contributed by atoms with E-state index in [0.29, 0.717) is 40.9 Å². The first-order chi connectivity index (χ1) is 13.5. The van der Waals surface area contributed by atoms with Gasteiger partial charge in [-0.15, -0.1) is 0 Å². The van der Waals surface area contributed by atoms with Crippen molar-refractivity contribution in [3.05, 3.63) is 47.0 Å². The summed E-state index contributed by atoms with van der Waals surface area (Å²) in [5.41, 5.74) is 1.50. The molecular formula is C20H21ClN2O5. The Labute approximate surface area is 168 Å². The molecule has 0 saturated heterocycles. The number of ether oxygens (including phenoxy) is 3. The minimum atomic E-state index is -0.287. The topological polar surface area (TPSA) is 77.1 Å². The maximum Gasteiger partial charge on any atom is 0.265 e. The van der Waals surface area contributed by atoms with Crippen molar-refractivity contribution in [3.63, 3.8) is 0 Å². The zero-order chi connectivity index (χ0) is 20.1. The average Bonchev–Trinajstić information content (AvgIpc) is 2.70. The maximum absolute atomic E-state index is 12.3. The fourth-order valence-electron chi connectivity index (χ4n) is 2.93. The van der Waals surface area contributed by atoms with Gasteiger partial charge in [-0.05, 0) is 42.3 Å². The summed E-state index contributed by atoms with van der Waals surface area (Å²) >= 11 is 6.01. The van der Waals surface area contributed by atoms with Gasteiger partial charge >= 0.3 is 0 Å². The van der Waals surface area contributed by atoms with Crippen LogP contribution in [0.3, 0.4) is 0 Å². The number of rotatable bonds is 7. The lowest BCUT2D eigenvalue weighted by Gasteiger charge is -2.29. The van der Waals surface area contributed by atoms with Crippen LogP contribution in [0.4, 0.5) is 5.69 Å². The molecule has 1 aliphatic rings. The molecule has 0 radical (unpaired) electrons. The Hall–Kier alpha value is -2.93. The molecule has 3 rings (SSSR count). The van der Waals surface area contributed by atoms with Crippen molar-refractivity contribution >= 4 is 29.1 Å². The Kier molecular flexibility index (Phi) is 6.26. The number of hydrogen-bond acceptors (Lipinski definition) is 5. The van der Waals surface area contributed by atoms with Crippen LogP contribution in [0.25, 0.3) is 0 Å². The molecule has 0 fully saturated rings. The summed E-state index contributed by atoms with van der Waals surface area (Å²) in [5.74, 6) is 1.27. The van der Waals surface area contributed by atoms with E-state index in [0.717, 1.165) is 5.56 Å². The number of benzene rings is 2. The van der Waals surface area contributed by atoms with Gasteiger partial charge in [0.25, 0.3) is 5.91 Å². The van der Waals surface area contributed by atoms with Gasteiger partial charge in [0.1, 0.15) is 12.3 Å². The molecule has 2 aromatic carbocycles. The Morgan fingerprint density at radius 2 is 1.96 bits per heavy atom. The SMILES string of the molecule is COc1ccc(CCNC(=O)CN2C(=O)COc3ccc(Cl)cc32)cc1OC. The summed E-state index contributed by atoms with van der Waals surface area (Å²) in [6, 6.07) is 10.6. The zero-order valence-electron chi connectivity index (χ0n) is 15.7. The molecule has 2 amide bonds. The summed E-state index contributed by atoms with van der Waals surface area (Å²) in [5, 5.41) is 3.30. The van der Waals surface area contributed by atoms with Crippen LogP contribution >= 0.6 is 11.6 Å². The second-order valence-corrected chi connectivity index (χ2v) is 6.61. The van der Waals surface area contributed by atoms with Gasteiger partial charge in [0.15, 0.2) is 18.1 Å². The largest absolute Gasteiger partial charge is 0.493 e. The molecule has 28 heavy (non-hydrogen) atoms. The third kappa shape index (κ3) is 4.48. The van der Waals surface area contributed by atoms with Crippen molar-refractivity contribution in [2.45, 2.75) is 6.42 Å². The van der Waals surface area contributed by atoms with Gasteiger partial charge in [-0.25, -0.2) is 0 Å². The molecule has 148 valence electrons. The monoisotopic (exact) mass is 404 g/mol. The molecule has 0 spiro atoms. The van der Waals surface area contributed by atoms with Crippen LogP contribution < -0.4 is 24.4 Å². The molecule has 8 heteroatoms. The van der Waals surface area contributed by atoms with E-state index in [-0.39, 0.29) is 25.0 Å². The minimum absolute atomic E-state index is 0.0958. The van der Waals surface area contributed by atoms with E-state index in [2.05, 4.69) is 5.32 Å². The van der Waals surface area contributed by atoms with Crippen LogP contribution in [0.2, 0.25) is 5.02 Å². The fraction of sp³-hybridized carbons (Fsp3) is 0.300. The predicted octanol–water partition coefficient (Wildman–Crippen LogP) is 2.44. The molecule has 0 aliphatic carbocycles. The summed E-state index contributed by atoms with van der Waals surface area (Å²) in [4.78, 5) is 25.9. The summed E-state index contributed by atoms with van der Waals surface area (Å²) in [7, 11) is 3.16. The molecule has 7 nitrogen and oxygen atoms in total. The van der Waals surface area contributed by atoms with Crippen molar-refractivity contribution in [2.24, 2.45) is 0 Å². The Morgan fingerprint density at radius 3 is 2.71 bits per heavy atom. The molecule has 2 aromatic rings. The zero-order valence-corrected chi connectivity index (χ0v) is 16.4. The highest BCUT2D eigenvalue weighted by Gasteiger charge is 2.27. The normalized spacial score (nSPS) is 12.8. The molecule has 1 heterocycles. The predicted molar refractivity (Wildman–Crippen MR) is 106 cm³/mol. The first kappa shape index (κ1) is 19.8. The first-order valence-electron chi connectivity index (χ1n) is 8.72. The van der Waals surface area contributed by atoms with E-state index >= 15 is 0 Å². The molecule has 0 bridgehead atoms. The number of nitrogens with one attached hydrogen (secondary N) is 1. The number of fused-ring (bicyclic) bond motifs is 1. The number of methoxy groups -OCH3 is 2. The van der Waals surface area contributed by atoms with E-state index in [1.807, 2.05) is 18.2 Å². The Bertz CT molecular complexity index is 887. The lowest BCUT2D eigenvalue weighted by molar-refractivity contribution is -0.125. The molecule has 0 saturated carbocycles. The first-order valence-corrected chi connectivity index (χ1v) is 9.10. The number of hydrogen-bond donors (Lipinski definition) is 1. The molecular weight excluding hydrogens is 384 g/mol. The van der Waals surface area contributed by atoms with Crippen LogP contribution in [0.1, 0.15) is 5.56 Å². The summed E-state index contributed by atoms with van der Waals surface area (Å²) in [6.45, 7) is 0.226. The highest BCUT2D eigenvalue weighted by atomic mass is 35.5. The standard InChI is InChI=1S/C20H21ClN2O5/c1-26-17-5-3-13(9-18(17)27-2)7-8-22-19(24)11-23-15-10-14(21)4-6-16(15)28-12-20(23)25/h3-6,9-10H,7-8,11-12H2,1-2H3,(H,22,24). The third-order valence-corrected chi connectivity index (χ3v) is 4.58.